The topological polar surface area (TPSA) is 73.5 Å². The molecule has 2 heterocycles. The number of rotatable bonds is 3. The number of benzene rings is 2. The Morgan fingerprint density at radius 1 is 1.07 bits per heavy atom. The number of carbonyl (C=O) groups excluding carboxylic acids is 3. The van der Waals surface area contributed by atoms with E-state index in [-0.39, 0.29) is 29.4 Å². The Labute approximate surface area is 173 Å². The second kappa shape index (κ2) is 7.74. The second-order valence-electron chi connectivity index (χ2n) is 7.61. The van der Waals surface area contributed by atoms with Gasteiger partial charge in [0.1, 0.15) is 5.82 Å². The molecular formula is C23H22FN3O3. The van der Waals surface area contributed by atoms with Crippen LogP contribution < -0.4 is 0 Å². The first-order valence-corrected chi connectivity index (χ1v) is 9.84. The highest BCUT2D eigenvalue weighted by molar-refractivity contribution is 6.45. The van der Waals surface area contributed by atoms with Gasteiger partial charge in [-0.05, 0) is 37.6 Å². The van der Waals surface area contributed by atoms with Crippen LogP contribution in [-0.4, -0.2) is 58.1 Å². The first kappa shape index (κ1) is 19.8. The van der Waals surface area contributed by atoms with Gasteiger partial charge in [-0.15, -0.1) is 0 Å². The van der Waals surface area contributed by atoms with Crippen molar-refractivity contribution in [1.82, 2.24) is 14.8 Å². The molecule has 1 saturated heterocycles. The zero-order valence-electron chi connectivity index (χ0n) is 16.8. The number of hydrogen-bond donors (Lipinski definition) is 1. The van der Waals surface area contributed by atoms with Gasteiger partial charge in [0.05, 0.1) is 11.1 Å². The van der Waals surface area contributed by atoms with E-state index in [2.05, 4.69) is 4.98 Å². The second-order valence-corrected chi connectivity index (χ2v) is 7.61. The number of nitrogens with one attached hydrogen (secondary N) is 1. The molecule has 4 rings (SSSR count). The zero-order valence-corrected chi connectivity index (χ0v) is 16.8. The van der Waals surface area contributed by atoms with E-state index >= 15 is 0 Å². The first-order valence-electron chi connectivity index (χ1n) is 9.84. The minimum Gasteiger partial charge on any atom is -0.360 e. The van der Waals surface area contributed by atoms with Crippen LogP contribution in [0.25, 0.3) is 10.9 Å². The molecular weight excluding hydrogens is 385 g/mol. The van der Waals surface area contributed by atoms with Gasteiger partial charge < -0.3 is 14.8 Å². The summed E-state index contributed by atoms with van der Waals surface area (Å²) in [7, 11) is 0. The molecule has 0 unspecified atom stereocenters. The van der Waals surface area contributed by atoms with Crippen molar-refractivity contribution in [3.05, 3.63) is 71.2 Å². The normalized spacial score (nSPS) is 16.7. The molecule has 154 valence electrons. The van der Waals surface area contributed by atoms with Crippen molar-refractivity contribution in [2.45, 2.75) is 19.9 Å². The van der Waals surface area contributed by atoms with Gasteiger partial charge in [0.2, 0.25) is 0 Å². The van der Waals surface area contributed by atoms with Crippen molar-refractivity contribution in [3.63, 3.8) is 0 Å². The third-order valence-electron chi connectivity index (χ3n) is 5.63. The Morgan fingerprint density at radius 3 is 2.50 bits per heavy atom. The number of carbonyl (C=O) groups is 3. The van der Waals surface area contributed by atoms with Gasteiger partial charge in [0.25, 0.3) is 17.6 Å². The summed E-state index contributed by atoms with van der Waals surface area (Å²) in [4.78, 5) is 44.6. The zero-order chi connectivity index (χ0) is 21.4. The third kappa shape index (κ3) is 3.36. The van der Waals surface area contributed by atoms with E-state index in [1.54, 1.807) is 49.1 Å². The SMILES string of the molecule is Cc1ccc(F)c2c(C(=O)C(=O)N3CCN(C(=O)c4ccccc4)C[C@H]3C)c[nH]c12. The Kier molecular flexibility index (Phi) is 5.11. The van der Waals surface area contributed by atoms with E-state index in [1.165, 1.54) is 17.2 Å². The van der Waals surface area contributed by atoms with Crippen molar-refractivity contribution >= 4 is 28.5 Å². The van der Waals surface area contributed by atoms with E-state index < -0.39 is 17.5 Å². The van der Waals surface area contributed by atoms with Crippen LogP contribution in [0.4, 0.5) is 4.39 Å². The number of piperazine rings is 1. The van der Waals surface area contributed by atoms with Gasteiger partial charge in [0, 0.05) is 42.8 Å². The third-order valence-corrected chi connectivity index (χ3v) is 5.63. The van der Waals surface area contributed by atoms with E-state index in [0.29, 0.717) is 24.2 Å². The Morgan fingerprint density at radius 2 is 1.80 bits per heavy atom. The molecule has 2 aromatic carbocycles. The van der Waals surface area contributed by atoms with Crippen LogP contribution in [0.15, 0.2) is 48.7 Å². The minimum atomic E-state index is -0.750. The van der Waals surface area contributed by atoms with Gasteiger partial charge in [-0.1, -0.05) is 24.3 Å². The van der Waals surface area contributed by atoms with Crippen LogP contribution >= 0.6 is 0 Å². The monoisotopic (exact) mass is 407 g/mol. The molecule has 0 radical (unpaired) electrons. The number of nitrogens with zero attached hydrogens (tertiary/aromatic N) is 2. The van der Waals surface area contributed by atoms with Gasteiger partial charge in [0.15, 0.2) is 0 Å². The van der Waals surface area contributed by atoms with Gasteiger partial charge >= 0.3 is 0 Å². The molecule has 1 fully saturated rings. The molecule has 0 saturated carbocycles. The van der Waals surface area contributed by atoms with E-state index in [4.69, 9.17) is 0 Å². The molecule has 7 heteroatoms. The summed E-state index contributed by atoms with van der Waals surface area (Å²) in [5.41, 5.74) is 1.92. The average Bonchev–Trinajstić information content (AvgIpc) is 3.22. The number of halogens is 1. The maximum Gasteiger partial charge on any atom is 0.295 e. The van der Waals surface area contributed by atoms with Crippen molar-refractivity contribution in [2.75, 3.05) is 19.6 Å². The van der Waals surface area contributed by atoms with Crippen molar-refractivity contribution in [1.29, 1.82) is 0 Å². The van der Waals surface area contributed by atoms with E-state index in [9.17, 15) is 18.8 Å². The summed E-state index contributed by atoms with van der Waals surface area (Å²) in [5.74, 6) is -2.08. The van der Waals surface area contributed by atoms with Crippen LogP contribution in [-0.2, 0) is 4.79 Å². The van der Waals surface area contributed by atoms with Crippen molar-refractivity contribution in [2.24, 2.45) is 0 Å². The summed E-state index contributed by atoms with van der Waals surface area (Å²) in [6.45, 7) is 4.51. The number of Topliss-reactive ketones (excluding diaryl/α,β-unsaturated/α-hetero) is 1. The van der Waals surface area contributed by atoms with Gasteiger partial charge in [-0.25, -0.2) is 4.39 Å². The Balaban J connectivity index is 1.52. The maximum absolute atomic E-state index is 14.4. The van der Waals surface area contributed by atoms with Gasteiger partial charge in [-0.2, -0.15) is 0 Å². The molecule has 1 aliphatic rings. The average molecular weight is 407 g/mol. The number of aryl methyl sites for hydroxylation is 1. The quantitative estimate of drug-likeness (QED) is 0.535. The lowest BCUT2D eigenvalue weighted by atomic mass is 10.0. The lowest BCUT2D eigenvalue weighted by molar-refractivity contribution is -0.130. The highest BCUT2D eigenvalue weighted by Crippen LogP contribution is 2.26. The maximum atomic E-state index is 14.4. The number of fused-ring (bicyclic) bond motifs is 1. The highest BCUT2D eigenvalue weighted by atomic mass is 19.1. The van der Waals surface area contributed by atoms with Gasteiger partial charge in [-0.3, -0.25) is 14.4 Å². The fourth-order valence-electron chi connectivity index (χ4n) is 3.98. The number of ketones is 1. The molecule has 30 heavy (non-hydrogen) atoms. The van der Waals surface area contributed by atoms with Crippen LogP contribution in [0, 0.1) is 12.7 Å². The standard InChI is InChI=1S/C23H22FN3O3/c1-14-8-9-18(24)19-17(12-25-20(14)19)21(28)23(30)27-11-10-26(13-15(27)2)22(29)16-6-4-3-5-7-16/h3-9,12,15,25H,10-11,13H2,1-2H3/t15-/m1/s1. The number of H-pyrrole nitrogens is 1. The molecule has 1 N–H and O–H groups in total. The summed E-state index contributed by atoms with van der Waals surface area (Å²) in [6, 6.07) is 11.5. The van der Waals surface area contributed by atoms with E-state index in [1.807, 2.05) is 6.07 Å². The molecule has 1 atom stereocenters. The van der Waals surface area contributed by atoms with Crippen LogP contribution in [0.1, 0.15) is 33.2 Å². The molecule has 0 bridgehead atoms. The molecule has 2 amide bonds. The fourth-order valence-corrected chi connectivity index (χ4v) is 3.98. The molecule has 1 aromatic heterocycles. The number of hydrogen-bond acceptors (Lipinski definition) is 3. The lowest BCUT2D eigenvalue weighted by Gasteiger charge is -2.39. The summed E-state index contributed by atoms with van der Waals surface area (Å²) in [5, 5.41) is 0.138. The molecule has 1 aliphatic heterocycles. The van der Waals surface area contributed by atoms with E-state index in [0.717, 1.165) is 5.56 Å². The smallest absolute Gasteiger partial charge is 0.295 e. The summed E-state index contributed by atoms with van der Waals surface area (Å²) in [6.07, 6.45) is 1.39. The Hall–Kier alpha value is -3.48. The van der Waals surface area contributed by atoms with Crippen LogP contribution in [0.2, 0.25) is 0 Å². The fraction of sp³-hybridized carbons (Fsp3) is 0.261. The summed E-state index contributed by atoms with van der Waals surface area (Å²) < 4.78 is 14.4. The largest absolute Gasteiger partial charge is 0.360 e. The molecule has 3 aromatic rings. The number of amides is 2. The first-order chi connectivity index (χ1) is 14.4. The summed E-state index contributed by atoms with van der Waals surface area (Å²) >= 11 is 0. The van der Waals surface area contributed by atoms with Crippen molar-refractivity contribution < 1.29 is 18.8 Å². The van der Waals surface area contributed by atoms with Crippen LogP contribution in [0.3, 0.4) is 0 Å². The molecule has 0 spiro atoms. The predicted molar refractivity (Wildman–Crippen MR) is 111 cm³/mol. The molecule has 6 nitrogen and oxygen atoms in total. The predicted octanol–water partition coefficient (Wildman–Crippen LogP) is 3.17. The highest BCUT2D eigenvalue weighted by Gasteiger charge is 2.34. The van der Waals surface area contributed by atoms with Crippen LogP contribution in [0.5, 0.6) is 0 Å². The Bertz CT molecular complexity index is 1140. The van der Waals surface area contributed by atoms with Crippen molar-refractivity contribution in [3.8, 4) is 0 Å². The lowest BCUT2D eigenvalue weighted by Crippen LogP contribution is -2.56. The number of aromatic amines is 1. The molecule has 0 aliphatic carbocycles. The minimum absolute atomic E-state index is 0.0335. The number of aromatic nitrogens is 1.